The largest absolute Gasteiger partial charge is 0.261 e. The summed E-state index contributed by atoms with van der Waals surface area (Å²) in [5.74, 6) is 0. The summed E-state index contributed by atoms with van der Waals surface area (Å²) in [6.45, 7) is 6.48. The van der Waals surface area contributed by atoms with E-state index in [1.165, 1.54) is 0 Å². The molecule has 0 aliphatic rings. The van der Waals surface area contributed by atoms with Crippen molar-refractivity contribution >= 4 is 11.6 Å². The maximum absolute atomic E-state index is 6.20. The molecule has 88 valence electrons. The molecule has 1 heterocycles. The molecule has 1 nitrogen and oxygen atoms in total. The number of nitrogens with zero attached hydrogens (tertiary/aromatic N) is 1. The first-order chi connectivity index (χ1) is 7.98. The van der Waals surface area contributed by atoms with Crippen molar-refractivity contribution in [3.8, 4) is 11.1 Å². The summed E-state index contributed by atoms with van der Waals surface area (Å²) in [6, 6.07) is 12.0. The summed E-state index contributed by atoms with van der Waals surface area (Å²) in [5.41, 5.74) is 3.31. The van der Waals surface area contributed by atoms with Gasteiger partial charge in [0.25, 0.3) is 0 Å². The summed E-state index contributed by atoms with van der Waals surface area (Å²) in [7, 11) is 0. The van der Waals surface area contributed by atoms with Crippen molar-refractivity contribution in [1.29, 1.82) is 0 Å². The zero-order chi connectivity index (χ0) is 12.5. The fraction of sp³-hybridized carbons (Fsp3) is 0.267. The molecule has 0 saturated heterocycles. The van der Waals surface area contributed by atoms with Crippen LogP contribution in [0.3, 0.4) is 0 Å². The molecule has 0 aliphatic carbocycles. The van der Waals surface area contributed by atoms with Gasteiger partial charge in [0.05, 0.1) is 0 Å². The van der Waals surface area contributed by atoms with Crippen molar-refractivity contribution < 1.29 is 0 Å². The number of aromatic nitrogens is 1. The van der Waals surface area contributed by atoms with Gasteiger partial charge in [-0.1, -0.05) is 50.6 Å². The van der Waals surface area contributed by atoms with Gasteiger partial charge in [-0.2, -0.15) is 0 Å². The van der Waals surface area contributed by atoms with E-state index in [2.05, 4.69) is 31.8 Å². The lowest BCUT2D eigenvalue weighted by Gasteiger charge is -2.18. The quantitative estimate of drug-likeness (QED) is 0.710. The third-order valence-electron chi connectivity index (χ3n) is 2.71. The monoisotopic (exact) mass is 245 g/mol. The molecule has 0 spiro atoms. The highest BCUT2D eigenvalue weighted by atomic mass is 35.5. The predicted octanol–water partition coefficient (Wildman–Crippen LogP) is 4.70. The minimum absolute atomic E-state index is 0.0528. The van der Waals surface area contributed by atoms with Crippen molar-refractivity contribution in [1.82, 2.24) is 4.98 Å². The Hall–Kier alpha value is -1.34. The molecule has 0 unspecified atom stereocenters. The van der Waals surface area contributed by atoms with Crippen molar-refractivity contribution in [3.05, 3.63) is 53.3 Å². The van der Waals surface area contributed by atoms with E-state index in [0.717, 1.165) is 21.8 Å². The smallest absolute Gasteiger partial charge is 0.0484 e. The lowest BCUT2D eigenvalue weighted by Crippen LogP contribution is -2.13. The Labute approximate surface area is 107 Å². The summed E-state index contributed by atoms with van der Waals surface area (Å²) >= 11 is 6.20. The first-order valence-corrected chi connectivity index (χ1v) is 6.08. The molecule has 2 aromatic rings. The first-order valence-electron chi connectivity index (χ1n) is 5.70. The molecule has 17 heavy (non-hydrogen) atoms. The predicted molar refractivity (Wildman–Crippen MR) is 73.4 cm³/mol. The Morgan fingerprint density at radius 3 is 2.41 bits per heavy atom. The van der Waals surface area contributed by atoms with E-state index in [1.807, 2.05) is 36.5 Å². The van der Waals surface area contributed by atoms with E-state index in [-0.39, 0.29) is 5.41 Å². The third-order valence-corrected chi connectivity index (χ3v) is 3.04. The summed E-state index contributed by atoms with van der Waals surface area (Å²) in [5, 5.41) is 0.776. The zero-order valence-corrected chi connectivity index (χ0v) is 11.1. The van der Waals surface area contributed by atoms with E-state index in [4.69, 9.17) is 11.6 Å². The normalized spacial score (nSPS) is 11.5. The van der Waals surface area contributed by atoms with Gasteiger partial charge in [-0.25, -0.2) is 0 Å². The average Bonchev–Trinajstić information content (AvgIpc) is 2.29. The molecule has 0 amide bonds. The molecule has 0 bridgehead atoms. The Morgan fingerprint density at radius 2 is 1.76 bits per heavy atom. The molecular weight excluding hydrogens is 230 g/mol. The van der Waals surface area contributed by atoms with E-state index >= 15 is 0 Å². The minimum atomic E-state index is 0.0528. The Bertz CT molecular complexity index is 526. The Kier molecular flexibility index (Phi) is 3.21. The standard InChI is InChI=1S/C15H16ClN/c1-15(2,3)14-10-11(8-9-17-14)12-6-4-5-7-13(12)16/h4-10H,1-3H3. The van der Waals surface area contributed by atoms with Crippen LogP contribution in [0, 0.1) is 0 Å². The van der Waals surface area contributed by atoms with Crippen LogP contribution in [0.25, 0.3) is 11.1 Å². The number of hydrogen-bond donors (Lipinski definition) is 0. The Morgan fingerprint density at radius 1 is 1.06 bits per heavy atom. The van der Waals surface area contributed by atoms with E-state index in [1.54, 1.807) is 0 Å². The van der Waals surface area contributed by atoms with Crippen molar-refractivity contribution in [2.75, 3.05) is 0 Å². The molecule has 2 heteroatoms. The summed E-state index contributed by atoms with van der Waals surface area (Å²) in [6.07, 6.45) is 1.85. The number of halogens is 1. The molecule has 0 atom stereocenters. The molecule has 0 saturated carbocycles. The molecule has 0 aliphatic heterocycles. The van der Waals surface area contributed by atoms with Crippen LogP contribution in [0.4, 0.5) is 0 Å². The van der Waals surface area contributed by atoms with Crippen LogP contribution in [0.2, 0.25) is 5.02 Å². The van der Waals surface area contributed by atoms with Gasteiger partial charge in [0.15, 0.2) is 0 Å². The highest BCUT2D eigenvalue weighted by Gasteiger charge is 2.16. The van der Waals surface area contributed by atoms with Gasteiger partial charge in [-0.3, -0.25) is 4.98 Å². The lowest BCUT2D eigenvalue weighted by molar-refractivity contribution is 0.569. The maximum atomic E-state index is 6.20. The molecular formula is C15H16ClN. The van der Waals surface area contributed by atoms with E-state index in [0.29, 0.717) is 0 Å². The van der Waals surface area contributed by atoms with Crippen LogP contribution >= 0.6 is 11.6 Å². The second-order valence-corrected chi connectivity index (χ2v) is 5.57. The highest BCUT2D eigenvalue weighted by molar-refractivity contribution is 6.33. The van der Waals surface area contributed by atoms with Gasteiger partial charge < -0.3 is 0 Å². The molecule has 0 fully saturated rings. The lowest BCUT2D eigenvalue weighted by atomic mass is 9.90. The van der Waals surface area contributed by atoms with Gasteiger partial charge in [-0.15, -0.1) is 0 Å². The van der Waals surface area contributed by atoms with Crippen molar-refractivity contribution in [2.45, 2.75) is 26.2 Å². The fourth-order valence-corrected chi connectivity index (χ4v) is 1.95. The maximum Gasteiger partial charge on any atom is 0.0484 e. The van der Waals surface area contributed by atoms with Crippen LogP contribution in [0.5, 0.6) is 0 Å². The van der Waals surface area contributed by atoms with Gasteiger partial charge in [0, 0.05) is 27.9 Å². The van der Waals surface area contributed by atoms with Crippen molar-refractivity contribution in [2.24, 2.45) is 0 Å². The van der Waals surface area contributed by atoms with E-state index < -0.39 is 0 Å². The Balaban J connectivity index is 2.51. The molecule has 1 aromatic heterocycles. The first kappa shape index (κ1) is 12.1. The highest BCUT2D eigenvalue weighted by Crippen LogP contribution is 2.30. The molecule has 0 radical (unpaired) electrons. The van der Waals surface area contributed by atoms with Gasteiger partial charge in [-0.05, 0) is 23.8 Å². The zero-order valence-electron chi connectivity index (χ0n) is 10.4. The third kappa shape index (κ3) is 2.67. The van der Waals surface area contributed by atoms with Crippen molar-refractivity contribution in [3.63, 3.8) is 0 Å². The number of pyridine rings is 1. The van der Waals surface area contributed by atoms with Crippen LogP contribution < -0.4 is 0 Å². The van der Waals surface area contributed by atoms with Crippen LogP contribution in [0.1, 0.15) is 26.5 Å². The number of benzene rings is 1. The number of rotatable bonds is 1. The summed E-state index contributed by atoms with van der Waals surface area (Å²) in [4.78, 5) is 4.42. The second kappa shape index (κ2) is 4.50. The topological polar surface area (TPSA) is 12.9 Å². The fourth-order valence-electron chi connectivity index (χ4n) is 1.70. The van der Waals surface area contributed by atoms with Crippen LogP contribution in [-0.4, -0.2) is 4.98 Å². The second-order valence-electron chi connectivity index (χ2n) is 5.16. The van der Waals surface area contributed by atoms with Crippen LogP contribution in [-0.2, 0) is 5.41 Å². The minimum Gasteiger partial charge on any atom is -0.261 e. The van der Waals surface area contributed by atoms with Gasteiger partial charge in [0.2, 0.25) is 0 Å². The number of hydrogen-bond acceptors (Lipinski definition) is 1. The molecule has 0 N–H and O–H groups in total. The average molecular weight is 246 g/mol. The van der Waals surface area contributed by atoms with Crippen LogP contribution in [0.15, 0.2) is 42.6 Å². The van der Waals surface area contributed by atoms with Gasteiger partial charge in [0.1, 0.15) is 0 Å². The van der Waals surface area contributed by atoms with E-state index in [9.17, 15) is 0 Å². The van der Waals surface area contributed by atoms with Gasteiger partial charge >= 0.3 is 0 Å². The SMILES string of the molecule is CC(C)(C)c1cc(-c2ccccc2Cl)ccn1. The summed E-state index contributed by atoms with van der Waals surface area (Å²) < 4.78 is 0. The molecule has 2 rings (SSSR count). The molecule has 1 aromatic carbocycles.